The minimum atomic E-state index is -1.11. The SMILES string of the molecule is CC1CC(N)C(O)[C@@H](O)O1. The molecule has 1 heterocycles. The van der Waals surface area contributed by atoms with E-state index in [1.54, 1.807) is 0 Å². The Kier molecular flexibility index (Phi) is 2.25. The van der Waals surface area contributed by atoms with E-state index in [1.165, 1.54) is 0 Å². The lowest BCUT2D eigenvalue weighted by atomic mass is 10.0. The van der Waals surface area contributed by atoms with Crippen molar-refractivity contribution in [3.63, 3.8) is 0 Å². The topological polar surface area (TPSA) is 75.7 Å². The van der Waals surface area contributed by atoms with E-state index in [-0.39, 0.29) is 12.1 Å². The molecule has 3 unspecified atom stereocenters. The van der Waals surface area contributed by atoms with Gasteiger partial charge < -0.3 is 20.7 Å². The Balaban J connectivity index is 2.49. The summed E-state index contributed by atoms with van der Waals surface area (Å²) < 4.78 is 4.89. The third-order valence-electron chi connectivity index (χ3n) is 1.71. The van der Waals surface area contributed by atoms with Crippen molar-refractivity contribution in [1.29, 1.82) is 0 Å². The summed E-state index contributed by atoms with van der Waals surface area (Å²) in [5.41, 5.74) is 5.47. The van der Waals surface area contributed by atoms with Gasteiger partial charge in [0, 0.05) is 6.04 Å². The molecule has 0 bridgehead atoms. The zero-order valence-corrected chi connectivity index (χ0v) is 5.90. The molecule has 4 atom stereocenters. The lowest BCUT2D eigenvalue weighted by molar-refractivity contribution is -0.216. The molecule has 10 heavy (non-hydrogen) atoms. The Morgan fingerprint density at radius 1 is 1.50 bits per heavy atom. The van der Waals surface area contributed by atoms with Gasteiger partial charge in [0.2, 0.25) is 0 Å². The van der Waals surface area contributed by atoms with Crippen molar-refractivity contribution in [2.45, 2.75) is 37.9 Å². The van der Waals surface area contributed by atoms with E-state index >= 15 is 0 Å². The number of hydrogen-bond acceptors (Lipinski definition) is 4. The maximum atomic E-state index is 9.06. The van der Waals surface area contributed by atoms with Gasteiger partial charge in [-0.05, 0) is 13.3 Å². The second-order valence-corrected chi connectivity index (χ2v) is 2.73. The molecule has 0 amide bonds. The summed E-state index contributed by atoms with van der Waals surface area (Å²) in [4.78, 5) is 0. The van der Waals surface area contributed by atoms with Crippen LogP contribution in [0.1, 0.15) is 13.3 Å². The first-order chi connectivity index (χ1) is 4.61. The zero-order chi connectivity index (χ0) is 7.72. The van der Waals surface area contributed by atoms with Crippen molar-refractivity contribution in [2.75, 3.05) is 0 Å². The summed E-state index contributed by atoms with van der Waals surface area (Å²) in [6.07, 6.45) is -1.51. The van der Waals surface area contributed by atoms with Crippen molar-refractivity contribution in [3.05, 3.63) is 0 Å². The number of aliphatic hydroxyl groups is 2. The van der Waals surface area contributed by atoms with Gasteiger partial charge in [-0.25, -0.2) is 0 Å². The first-order valence-corrected chi connectivity index (χ1v) is 3.38. The monoisotopic (exact) mass is 147 g/mol. The predicted molar refractivity (Wildman–Crippen MR) is 35.2 cm³/mol. The van der Waals surface area contributed by atoms with Gasteiger partial charge >= 0.3 is 0 Å². The Morgan fingerprint density at radius 2 is 2.10 bits per heavy atom. The lowest BCUT2D eigenvalue weighted by Crippen LogP contribution is -2.51. The summed E-state index contributed by atoms with van der Waals surface area (Å²) in [5.74, 6) is 0. The molecule has 0 aromatic carbocycles. The van der Waals surface area contributed by atoms with Crippen LogP contribution in [-0.2, 0) is 4.74 Å². The van der Waals surface area contributed by atoms with Gasteiger partial charge in [0.1, 0.15) is 6.10 Å². The maximum Gasteiger partial charge on any atom is 0.182 e. The first kappa shape index (κ1) is 7.94. The summed E-state index contributed by atoms with van der Waals surface area (Å²) in [6, 6.07) is -0.362. The highest BCUT2D eigenvalue weighted by Gasteiger charge is 2.32. The van der Waals surface area contributed by atoms with Gasteiger partial charge in [-0.1, -0.05) is 0 Å². The van der Waals surface area contributed by atoms with E-state index in [1.807, 2.05) is 6.92 Å². The molecule has 4 nitrogen and oxygen atoms in total. The second kappa shape index (κ2) is 2.84. The normalized spacial score (nSPS) is 49.2. The quantitative estimate of drug-likeness (QED) is 0.402. The van der Waals surface area contributed by atoms with Crippen LogP contribution in [0.2, 0.25) is 0 Å². The van der Waals surface area contributed by atoms with Gasteiger partial charge in [0.25, 0.3) is 0 Å². The van der Waals surface area contributed by atoms with Crippen LogP contribution < -0.4 is 5.73 Å². The van der Waals surface area contributed by atoms with Gasteiger partial charge in [0.05, 0.1) is 6.10 Å². The molecule has 1 saturated heterocycles. The minimum Gasteiger partial charge on any atom is -0.386 e. The summed E-state index contributed by atoms with van der Waals surface area (Å²) in [7, 11) is 0. The molecule has 1 aliphatic heterocycles. The molecule has 0 saturated carbocycles. The minimum absolute atomic E-state index is 0.0617. The Labute approximate surface area is 59.6 Å². The highest BCUT2D eigenvalue weighted by atomic mass is 16.6. The van der Waals surface area contributed by atoms with Crippen LogP contribution in [0.15, 0.2) is 0 Å². The van der Waals surface area contributed by atoms with E-state index in [4.69, 9.17) is 20.7 Å². The fraction of sp³-hybridized carbons (Fsp3) is 1.00. The van der Waals surface area contributed by atoms with E-state index in [2.05, 4.69) is 0 Å². The molecule has 60 valence electrons. The number of hydrogen-bond donors (Lipinski definition) is 3. The fourth-order valence-corrected chi connectivity index (χ4v) is 1.11. The van der Waals surface area contributed by atoms with Crippen LogP contribution in [0, 0.1) is 0 Å². The van der Waals surface area contributed by atoms with Gasteiger partial charge in [0.15, 0.2) is 6.29 Å². The summed E-state index contributed by atoms with van der Waals surface area (Å²) in [5, 5.41) is 18.0. The average molecular weight is 147 g/mol. The standard InChI is InChI=1S/C6H13NO3/c1-3-2-4(7)5(8)6(9)10-3/h3-6,8-9H,2,7H2,1H3/t3?,4?,5?,6-/m0/s1. The third kappa shape index (κ3) is 1.46. The molecular formula is C6H13NO3. The smallest absolute Gasteiger partial charge is 0.182 e. The van der Waals surface area contributed by atoms with E-state index in [0.29, 0.717) is 6.42 Å². The number of ether oxygens (including phenoxy) is 1. The van der Waals surface area contributed by atoms with E-state index in [9.17, 15) is 0 Å². The van der Waals surface area contributed by atoms with Crippen LogP contribution in [0.25, 0.3) is 0 Å². The molecule has 4 N–H and O–H groups in total. The second-order valence-electron chi connectivity index (χ2n) is 2.73. The van der Waals surface area contributed by atoms with Crippen molar-refractivity contribution in [1.82, 2.24) is 0 Å². The summed E-state index contributed by atoms with van der Waals surface area (Å²) >= 11 is 0. The Bertz CT molecular complexity index is 108. The largest absolute Gasteiger partial charge is 0.386 e. The lowest BCUT2D eigenvalue weighted by Gasteiger charge is -2.33. The predicted octanol–water partition coefficient (Wildman–Crippen LogP) is -1.20. The van der Waals surface area contributed by atoms with Crippen LogP contribution >= 0.6 is 0 Å². The molecular weight excluding hydrogens is 134 g/mol. The highest BCUT2D eigenvalue weighted by molar-refractivity contribution is 4.81. The molecule has 1 aliphatic rings. The van der Waals surface area contributed by atoms with Crippen LogP contribution in [0.3, 0.4) is 0 Å². The highest BCUT2D eigenvalue weighted by Crippen LogP contribution is 2.16. The average Bonchev–Trinajstić information content (AvgIpc) is 1.82. The Morgan fingerprint density at radius 3 is 2.60 bits per heavy atom. The molecule has 0 aromatic rings. The summed E-state index contributed by atoms with van der Waals surface area (Å²) in [6.45, 7) is 1.81. The molecule has 1 rings (SSSR count). The first-order valence-electron chi connectivity index (χ1n) is 3.38. The van der Waals surface area contributed by atoms with E-state index in [0.717, 1.165) is 0 Å². The van der Waals surface area contributed by atoms with Crippen molar-refractivity contribution < 1.29 is 14.9 Å². The number of nitrogens with two attached hydrogens (primary N) is 1. The van der Waals surface area contributed by atoms with Crippen LogP contribution in [-0.4, -0.2) is 34.8 Å². The molecule has 0 spiro atoms. The third-order valence-corrected chi connectivity index (χ3v) is 1.71. The molecule has 1 fully saturated rings. The van der Waals surface area contributed by atoms with Gasteiger partial charge in [-0.2, -0.15) is 0 Å². The van der Waals surface area contributed by atoms with Gasteiger partial charge in [-0.15, -0.1) is 0 Å². The van der Waals surface area contributed by atoms with E-state index < -0.39 is 12.4 Å². The zero-order valence-electron chi connectivity index (χ0n) is 5.90. The number of rotatable bonds is 0. The maximum absolute atomic E-state index is 9.06. The van der Waals surface area contributed by atoms with Crippen molar-refractivity contribution >= 4 is 0 Å². The van der Waals surface area contributed by atoms with Crippen molar-refractivity contribution in [2.24, 2.45) is 5.73 Å². The van der Waals surface area contributed by atoms with Gasteiger partial charge in [-0.3, -0.25) is 0 Å². The fourth-order valence-electron chi connectivity index (χ4n) is 1.11. The molecule has 0 radical (unpaired) electrons. The Hall–Kier alpha value is -0.160. The van der Waals surface area contributed by atoms with Crippen LogP contribution in [0.4, 0.5) is 0 Å². The number of aliphatic hydroxyl groups excluding tert-OH is 2. The molecule has 0 aliphatic carbocycles. The van der Waals surface area contributed by atoms with Crippen molar-refractivity contribution in [3.8, 4) is 0 Å². The molecule has 0 aromatic heterocycles. The van der Waals surface area contributed by atoms with Crippen LogP contribution in [0.5, 0.6) is 0 Å². The molecule has 4 heteroatoms.